The fraction of sp³-hybridized carbons (Fsp3) is 0.600. The van der Waals surface area contributed by atoms with Gasteiger partial charge in [-0.2, -0.15) is 26.3 Å². The van der Waals surface area contributed by atoms with Crippen LogP contribution in [0.3, 0.4) is 0 Å². The van der Waals surface area contributed by atoms with E-state index in [0.717, 1.165) is 25.3 Å². The van der Waals surface area contributed by atoms with E-state index in [0.29, 0.717) is 18.9 Å². The van der Waals surface area contributed by atoms with E-state index in [1.807, 2.05) is 0 Å². The van der Waals surface area contributed by atoms with Crippen molar-refractivity contribution < 1.29 is 26.3 Å². The molecule has 0 saturated heterocycles. The fourth-order valence-corrected chi connectivity index (χ4v) is 3.02. The standard InChI is InChI=1S/C15H17F6N.ClH/c16-14(17,18)10-6-7-11(12(8-10)15(19,20)21)13(22)9-4-2-1-3-5-9;/h6-9,13H,1-5,22H2;1H/t13-;/m1./s1. The largest absolute Gasteiger partial charge is 0.416 e. The van der Waals surface area contributed by atoms with Crippen molar-refractivity contribution >= 4 is 12.4 Å². The molecule has 2 N–H and O–H groups in total. The van der Waals surface area contributed by atoms with Crippen molar-refractivity contribution in [2.24, 2.45) is 11.7 Å². The molecule has 1 nitrogen and oxygen atoms in total. The molecule has 1 atom stereocenters. The minimum Gasteiger partial charge on any atom is -0.324 e. The molecule has 0 radical (unpaired) electrons. The highest BCUT2D eigenvalue weighted by Gasteiger charge is 2.40. The highest BCUT2D eigenvalue weighted by atomic mass is 35.5. The smallest absolute Gasteiger partial charge is 0.324 e. The van der Waals surface area contributed by atoms with Crippen molar-refractivity contribution in [1.82, 2.24) is 0 Å². The zero-order chi connectivity index (χ0) is 16.5. The van der Waals surface area contributed by atoms with E-state index in [1.54, 1.807) is 0 Å². The number of hydrogen-bond donors (Lipinski definition) is 1. The molecule has 1 saturated carbocycles. The molecule has 0 heterocycles. The van der Waals surface area contributed by atoms with Gasteiger partial charge in [0.1, 0.15) is 0 Å². The van der Waals surface area contributed by atoms with Gasteiger partial charge in [-0.3, -0.25) is 0 Å². The number of benzene rings is 1. The fourth-order valence-electron chi connectivity index (χ4n) is 3.02. The van der Waals surface area contributed by atoms with Crippen LogP contribution in [-0.2, 0) is 12.4 Å². The van der Waals surface area contributed by atoms with Crippen LogP contribution in [0.5, 0.6) is 0 Å². The van der Waals surface area contributed by atoms with Crippen molar-refractivity contribution in [3.63, 3.8) is 0 Å². The SMILES string of the molecule is Cl.N[C@@H](c1ccc(C(F)(F)F)cc1C(F)(F)F)C1CCCCC1. The van der Waals surface area contributed by atoms with Gasteiger partial charge < -0.3 is 5.73 Å². The molecule has 0 spiro atoms. The van der Waals surface area contributed by atoms with Crippen LogP contribution in [0.2, 0.25) is 0 Å². The van der Waals surface area contributed by atoms with Gasteiger partial charge in [0, 0.05) is 6.04 Å². The summed E-state index contributed by atoms with van der Waals surface area (Å²) in [7, 11) is 0. The van der Waals surface area contributed by atoms with Gasteiger partial charge >= 0.3 is 12.4 Å². The Balaban J connectivity index is 0.00000264. The Kier molecular flexibility index (Phi) is 6.38. The molecule has 0 unspecified atom stereocenters. The van der Waals surface area contributed by atoms with Crippen LogP contribution in [0.25, 0.3) is 0 Å². The van der Waals surface area contributed by atoms with Crippen molar-refractivity contribution in [3.05, 3.63) is 34.9 Å². The van der Waals surface area contributed by atoms with Crippen LogP contribution in [0.4, 0.5) is 26.3 Å². The van der Waals surface area contributed by atoms with Gasteiger partial charge in [0.2, 0.25) is 0 Å². The van der Waals surface area contributed by atoms with E-state index >= 15 is 0 Å². The Morgan fingerprint density at radius 3 is 1.96 bits per heavy atom. The summed E-state index contributed by atoms with van der Waals surface area (Å²) in [6.45, 7) is 0. The highest BCUT2D eigenvalue weighted by molar-refractivity contribution is 5.85. The lowest BCUT2D eigenvalue weighted by atomic mass is 9.80. The molecule has 132 valence electrons. The molecular weight excluding hydrogens is 344 g/mol. The van der Waals surface area contributed by atoms with Crippen LogP contribution < -0.4 is 5.73 Å². The second-order valence-corrected chi connectivity index (χ2v) is 5.72. The molecule has 2 rings (SSSR count). The van der Waals surface area contributed by atoms with Crippen LogP contribution in [0.1, 0.15) is 54.8 Å². The van der Waals surface area contributed by atoms with Crippen LogP contribution in [0.15, 0.2) is 18.2 Å². The average molecular weight is 362 g/mol. The number of rotatable bonds is 2. The summed E-state index contributed by atoms with van der Waals surface area (Å²) in [5.41, 5.74) is 3.12. The molecule has 1 aromatic rings. The number of alkyl halides is 6. The minimum atomic E-state index is -4.86. The van der Waals surface area contributed by atoms with Gasteiger partial charge in [-0.05, 0) is 36.5 Å². The molecule has 1 aliphatic rings. The second kappa shape index (κ2) is 7.30. The predicted octanol–water partition coefficient (Wildman–Crippen LogP) is 5.73. The zero-order valence-corrected chi connectivity index (χ0v) is 13.0. The maximum atomic E-state index is 13.1. The summed E-state index contributed by atoms with van der Waals surface area (Å²) < 4.78 is 77.3. The lowest BCUT2D eigenvalue weighted by molar-refractivity contribution is -0.143. The molecule has 0 amide bonds. The van der Waals surface area contributed by atoms with Crippen molar-refractivity contribution in [2.75, 3.05) is 0 Å². The minimum absolute atomic E-state index is 0. The van der Waals surface area contributed by atoms with Gasteiger partial charge in [0.25, 0.3) is 0 Å². The molecule has 1 aromatic carbocycles. The third kappa shape index (κ3) is 4.76. The highest BCUT2D eigenvalue weighted by Crippen LogP contribution is 2.42. The Hall–Kier alpha value is -0.950. The van der Waals surface area contributed by atoms with E-state index in [9.17, 15) is 26.3 Å². The summed E-state index contributed by atoms with van der Waals surface area (Å²) in [5, 5.41) is 0. The first-order chi connectivity index (χ1) is 10.1. The van der Waals surface area contributed by atoms with Crippen molar-refractivity contribution in [3.8, 4) is 0 Å². The molecule has 0 aliphatic heterocycles. The predicted molar refractivity (Wildman–Crippen MR) is 77.2 cm³/mol. The van der Waals surface area contributed by atoms with Crippen molar-refractivity contribution in [2.45, 2.75) is 50.5 Å². The number of nitrogens with two attached hydrogens (primary N) is 1. The lowest BCUT2D eigenvalue weighted by Crippen LogP contribution is -2.26. The summed E-state index contributed by atoms with van der Waals surface area (Å²) in [6, 6.07) is 0.829. The van der Waals surface area contributed by atoms with E-state index in [4.69, 9.17) is 5.73 Å². The molecule has 23 heavy (non-hydrogen) atoms. The van der Waals surface area contributed by atoms with Gasteiger partial charge in [0.05, 0.1) is 11.1 Å². The molecule has 1 fully saturated rings. The Morgan fingerprint density at radius 2 is 1.48 bits per heavy atom. The Bertz CT molecular complexity index is 520. The van der Waals surface area contributed by atoms with Gasteiger partial charge in [-0.15, -0.1) is 12.4 Å². The molecule has 8 heteroatoms. The number of hydrogen-bond acceptors (Lipinski definition) is 1. The molecular formula is C15H18ClF6N. The average Bonchev–Trinajstić information content (AvgIpc) is 2.45. The van der Waals surface area contributed by atoms with Crippen LogP contribution >= 0.6 is 12.4 Å². The maximum absolute atomic E-state index is 13.1. The lowest BCUT2D eigenvalue weighted by Gasteiger charge is -2.29. The first-order valence-electron chi connectivity index (χ1n) is 7.14. The van der Waals surface area contributed by atoms with Crippen LogP contribution in [0, 0.1) is 5.92 Å². The summed E-state index contributed by atoms with van der Waals surface area (Å²) in [4.78, 5) is 0. The first kappa shape index (κ1) is 20.1. The monoisotopic (exact) mass is 361 g/mol. The first-order valence-corrected chi connectivity index (χ1v) is 7.14. The van der Waals surface area contributed by atoms with Crippen LogP contribution in [-0.4, -0.2) is 0 Å². The van der Waals surface area contributed by atoms with E-state index in [1.165, 1.54) is 0 Å². The summed E-state index contributed by atoms with van der Waals surface area (Å²) in [5.74, 6) is -0.119. The second-order valence-electron chi connectivity index (χ2n) is 5.72. The summed E-state index contributed by atoms with van der Waals surface area (Å²) >= 11 is 0. The zero-order valence-electron chi connectivity index (χ0n) is 12.2. The van der Waals surface area contributed by atoms with E-state index < -0.39 is 29.5 Å². The quantitative estimate of drug-likeness (QED) is 0.669. The third-order valence-corrected chi connectivity index (χ3v) is 4.20. The number of halogens is 7. The van der Waals surface area contributed by atoms with Gasteiger partial charge in [0.15, 0.2) is 0 Å². The maximum Gasteiger partial charge on any atom is 0.416 e. The third-order valence-electron chi connectivity index (χ3n) is 4.20. The normalized spacial score (nSPS) is 18.4. The topological polar surface area (TPSA) is 26.0 Å². The molecule has 0 bridgehead atoms. The molecule has 0 aromatic heterocycles. The van der Waals surface area contributed by atoms with Gasteiger partial charge in [-0.1, -0.05) is 25.3 Å². The summed E-state index contributed by atoms with van der Waals surface area (Å²) in [6.07, 6.45) is -5.46. The Labute approximate surface area is 136 Å². The van der Waals surface area contributed by atoms with E-state index in [2.05, 4.69) is 0 Å². The van der Waals surface area contributed by atoms with Crippen molar-refractivity contribution in [1.29, 1.82) is 0 Å². The Morgan fingerprint density at radius 1 is 0.913 bits per heavy atom. The van der Waals surface area contributed by atoms with Gasteiger partial charge in [-0.25, -0.2) is 0 Å². The molecule has 1 aliphatic carbocycles. The van der Waals surface area contributed by atoms with E-state index in [-0.39, 0.29) is 30.0 Å².